The molecule has 2 aromatic rings. The van der Waals surface area contributed by atoms with Gasteiger partial charge in [-0.05, 0) is 68.9 Å². The number of aromatic nitrogens is 2. The van der Waals surface area contributed by atoms with Crippen molar-refractivity contribution in [1.29, 1.82) is 0 Å². The molecule has 0 amide bonds. The van der Waals surface area contributed by atoms with Gasteiger partial charge in [-0.15, -0.1) is 0 Å². The summed E-state index contributed by atoms with van der Waals surface area (Å²) in [4.78, 5) is 32.2. The van der Waals surface area contributed by atoms with Gasteiger partial charge >= 0.3 is 5.97 Å². The maximum atomic E-state index is 13.3. The molecule has 1 aromatic carbocycles. The van der Waals surface area contributed by atoms with E-state index in [2.05, 4.69) is 9.88 Å². The van der Waals surface area contributed by atoms with Crippen LogP contribution < -0.4 is 5.56 Å². The molecule has 5 atom stereocenters. The van der Waals surface area contributed by atoms with E-state index >= 15 is 0 Å². The minimum absolute atomic E-state index is 0.0425. The Morgan fingerprint density at radius 3 is 2.15 bits per heavy atom. The number of carbonyl (C=O) groups is 1. The second-order valence-electron chi connectivity index (χ2n) is 11.1. The lowest BCUT2D eigenvalue weighted by atomic mass is 9.73. The van der Waals surface area contributed by atoms with Gasteiger partial charge in [-0.1, -0.05) is 44.2 Å². The standard InChI is InChI=1S/C27H35N3O3/c31-26-25(27(32)33)28-23-10-3-4-11-24(23)30(26)22-15-19-8-5-9-20(16-22)29(19)21-13-17-6-1-2-7-18(12-17)14-21/h3-4,10-11,17-22H,1-2,5-9,12-16H2,(H,32,33)/t17?,18?,19-,20+,21?,22?. The molecule has 6 heteroatoms. The van der Waals surface area contributed by atoms with Crippen LogP contribution in [0.5, 0.6) is 0 Å². The number of benzene rings is 1. The summed E-state index contributed by atoms with van der Waals surface area (Å²) >= 11 is 0. The molecular formula is C27H35N3O3. The molecule has 4 aliphatic rings. The summed E-state index contributed by atoms with van der Waals surface area (Å²) in [5, 5.41) is 9.64. The van der Waals surface area contributed by atoms with Crippen molar-refractivity contribution in [2.24, 2.45) is 11.8 Å². The van der Waals surface area contributed by atoms with Crippen LogP contribution in [0, 0.1) is 11.8 Å². The van der Waals surface area contributed by atoms with Crippen LogP contribution in [0.1, 0.15) is 93.6 Å². The fourth-order valence-electron chi connectivity index (χ4n) is 7.96. The van der Waals surface area contributed by atoms with Crippen molar-refractivity contribution in [2.45, 2.75) is 101 Å². The Hall–Kier alpha value is -2.21. The maximum Gasteiger partial charge on any atom is 0.360 e. The summed E-state index contributed by atoms with van der Waals surface area (Å²) in [6.45, 7) is 0. The first-order chi connectivity index (χ1) is 16.1. The van der Waals surface area contributed by atoms with Gasteiger partial charge in [-0.2, -0.15) is 0 Å². The first-order valence-corrected chi connectivity index (χ1v) is 13.1. The van der Waals surface area contributed by atoms with Crippen LogP contribution in [0.3, 0.4) is 0 Å². The minimum atomic E-state index is -1.23. The zero-order valence-corrected chi connectivity index (χ0v) is 19.4. The number of piperidine rings is 2. The van der Waals surface area contributed by atoms with Crippen molar-refractivity contribution < 1.29 is 9.90 Å². The molecule has 1 aromatic heterocycles. The molecule has 2 aliphatic carbocycles. The molecule has 176 valence electrons. The van der Waals surface area contributed by atoms with E-state index < -0.39 is 11.5 Å². The molecule has 4 bridgehead atoms. The number of aromatic carboxylic acids is 1. The summed E-state index contributed by atoms with van der Waals surface area (Å²) in [6, 6.07) is 9.25. The average Bonchev–Trinajstić information content (AvgIpc) is 2.97. The van der Waals surface area contributed by atoms with E-state index in [0.717, 1.165) is 30.2 Å². The zero-order chi connectivity index (χ0) is 22.5. The number of hydrogen-bond acceptors (Lipinski definition) is 4. The average molecular weight is 450 g/mol. The molecule has 2 saturated heterocycles. The third-order valence-electron chi connectivity index (χ3n) is 9.14. The van der Waals surface area contributed by atoms with Gasteiger partial charge < -0.3 is 9.67 Å². The highest BCUT2D eigenvalue weighted by Crippen LogP contribution is 2.46. The van der Waals surface area contributed by atoms with Crippen LogP contribution in [0.4, 0.5) is 0 Å². The third kappa shape index (κ3) is 3.80. The smallest absolute Gasteiger partial charge is 0.360 e. The predicted molar refractivity (Wildman–Crippen MR) is 128 cm³/mol. The second-order valence-corrected chi connectivity index (χ2v) is 11.1. The van der Waals surface area contributed by atoms with E-state index in [4.69, 9.17) is 0 Å². The maximum absolute atomic E-state index is 13.3. The number of para-hydroxylation sites is 2. The Kier molecular flexibility index (Phi) is 5.52. The van der Waals surface area contributed by atoms with Gasteiger partial charge in [0.05, 0.1) is 11.0 Å². The molecule has 0 radical (unpaired) electrons. The zero-order valence-electron chi connectivity index (χ0n) is 19.4. The molecule has 4 fully saturated rings. The minimum Gasteiger partial charge on any atom is -0.476 e. The Morgan fingerprint density at radius 2 is 1.48 bits per heavy atom. The van der Waals surface area contributed by atoms with Crippen LogP contribution >= 0.6 is 0 Å². The van der Waals surface area contributed by atoms with Crippen molar-refractivity contribution >= 4 is 17.0 Å². The molecule has 6 nitrogen and oxygen atoms in total. The summed E-state index contributed by atoms with van der Waals surface area (Å²) < 4.78 is 1.79. The van der Waals surface area contributed by atoms with Crippen molar-refractivity contribution in [2.75, 3.05) is 0 Å². The predicted octanol–water partition coefficient (Wildman–Crippen LogP) is 5.01. The lowest BCUT2D eigenvalue weighted by molar-refractivity contribution is -0.0420. The number of carboxylic acid groups (broad SMARTS) is 1. The van der Waals surface area contributed by atoms with Gasteiger partial charge in [-0.3, -0.25) is 9.69 Å². The van der Waals surface area contributed by atoms with Gasteiger partial charge in [0.1, 0.15) is 0 Å². The van der Waals surface area contributed by atoms with Crippen molar-refractivity contribution in [3.05, 3.63) is 40.3 Å². The molecule has 0 spiro atoms. The fraction of sp³-hybridized carbons (Fsp3) is 0.667. The van der Waals surface area contributed by atoms with Crippen LogP contribution in [0.2, 0.25) is 0 Å². The van der Waals surface area contributed by atoms with E-state index in [1.165, 1.54) is 64.2 Å². The third-order valence-corrected chi connectivity index (χ3v) is 9.14. The van der Waals surface area contributed by atoms with Crippen LogP contribution in [0.15, 0.2) is 29.1 Å². The highest BCUT2D eigenvalue weighted by atomic mass is 16.4. The summed E-state index contributed by atoms with van der Waals surface area (Å²) in [7, 11) is 0. The van der Waals surface area contributed by atoms with E-state index in [-0.39, 0.29) is 11.7 Å². The van der Waals surface area contributed by atoms with E-state index in [0.29, 0.717) is 23.6 Å². The molecular weight excluding hydrogens is 414 g/mol. The number of fused-ring (bicyclic) bond motifs is 5. The number of rotatable bonds is 3. The second kappa shape index (κ2) is 8.53. The molecule has 33 heavy (non-hydrogen) atoms. The molecule has 3 heterocycles. The summed E-state index contributed by atoms with van der Waals surface area (Å²) in [5.41, 5.74) is 0.574. The highest BCUT2D eigenvalue weighted by molar-refractivity contribution is 5.88. The van der Waals surface area contributed by atoms with Gasteiger partial charge in [-0.25, -0.2) is 9.78 Å². The SMILES string of the molecule is O=C(O)c1nc2ccccc2n(C2C[C@H]3CCC[C@@H](C2)N3C2CC3CCCCC(C3)C2)c1=O. The Bertz CT molecular complexity index is 1080. The highest BCUT2D eigenvalue weighted by Gasteiger charge is 2.45. The number of hydrogen-bond donors (Lipinski definition) is 1. The van der Waals surface area contributed by atoms with Crippen molar-refractivity contribution in [3.63, 3.8) is 0 Å². The Balaban J connectivity index is 1.34. The molecule has 1 N–H and O–H groups in total. The van der Waals surface area contributed by atoms with Gasteiger partial charge in [0.25, 0.3) is 5.56 Å². The quantitative estimate of drug-likeness (QED) is 0.713. The topological polar surface area (TPSA) is 75.4 Å². The Labute approximate surface area is 195 Å². The van der Waals surface area contributed by atoms with E-state index in [9.17, 15) is 14.7 Å². The first kappa shape index (κ1) is 21.3. The monoisotopic (exact) mass is 449 g/mol. The molecule has 6 rings (SSSR count). The molecule has 3 unspecified atom stereocenters. The van der Waals surface area contributed by atoms with Gasteiger partial charge in [0.2, 0.25) is 5.69 Å². The van der Waals surface area contributed by atoms with Crippen molar-refractivity contribution in [3.8, 4) is 0 Å². The molecule has 2 saturated carbocycles. The van der Waals surface area contributed by atoms with Gasteiger partial charge in [0.15, 0.2) is 0 Å². The summed E-state index contributed by atoms with van der Waals surface area (Å²) in [5.74, 6) is 0.570. The lowest BCUT2D eigenvalue weighted by Crippen LogP contribution is -2.58. The fourth-order valence-corrected chi connectivity index (χ4v) is 7.96. The lowest BCUT2D eigenvalue weighted by Gasteiger charge is -2.54. The number of nitrogens with zero attached hydrogens (tertiary/aromatic N) is 3. The number of carboxylic acids is 1. The first-order valence-electron chi connectivity index (χ1n) is 13.1. The Morgan fingerprint density at radius 1 is 0.818 bits per heavy atom. The summed E-state index contributed by atoms with van der Waals surface area (Å²) in [6.07, 6.45) is 15.3. The van der Waals surface area contributed by atoms with Crippen LogP contribution in [0.25, 0.3) is 11.0 Å². The largest absolute Gasteiger partial charge is 0.476 e. The van der Waals surface area contributed by atoms with E-state index in [1.807, 2.05) is 24.3 Å². The normalized spacial score (nSPS) is 34.7. The van der Waals surface area contributed by atoms with Crippen LogP contribution in [-0.2, 0) is 0 Å². The van der Waals surface area contributed by atoms with Gasteiger partial charge in [0, 0.05) is 24.2 Å². The van der Waals surface area contributed by atoms with Crippen molar-refractivity contribution in [1.82, 2.24) is 14.5 Å². The molecule has 2 aliphatic heterocycles. The van der Waals surface area contributed by atoms with E-state index in [1.54, 1.807) is 4.57 Å². The van der Waals surface area contributed by atoms with Crippen LogP contribution in [-0.4, -0.2) is 43.7 Å².